The van der Waals surface area contributed by atoms with Crippen molar-refractivity contribution in [2.75, 3.05) is 18.5 Å². The van der Waals surface area contributed by atoms with Gasteiger partial charge in [-0.05, 0) is 34.1 Å². The quantitative estimate of drug-likeness (QED) is 0.498. The van der Waals surface area contributed by atoms with Crippen LogP contribution < -0.4 is 5.32 Å². The fraction of sp³-hybridized carbons (Fsp3) is 0.933. The highest BCUT2D eigenvalue weighted by Crippen LogP contribution is 2.15. The van der Waals surface area contributed by atoms with E-state index in [1.54, 1.807) is 0 Å². The monoisotopic (exact) mass is 351 g/mol. The Labute approximate surface area is 132 Å². The second-order valence-corrected chi connectivity index (χ2v) is 6.91. The summed E-state index contributed by atoms with van der Waals surface area (Å²) in [4.78, 5) is 11.6. The molecule has 1 unspecified atom stereocenters. The molecule has 0 saturated carbocycles. The van der Waals surface area contributed by atoms with Crippen molar-refractivity contribution in [3.63, 3.8) is 0 Å². The zero-order chi connectivity index (χ0) is 15.6. The first-order valence-corrected chi connectivity index (χ1v) is 8.51. The first kappa shape index (κ1) is 19.7. The molecule has 1 amide bonds. The average Bonchev–Trinajstić information content (AvgIpc) is 2.34. The lowest BCUT2D eigenvalue weighted by Crippen LogP contribution is -2.45. The maximum absolute atomic E-state index is 11.6. The molecule has 0 spiro atoms. The lowest BCUT2D eigenvalue weighted by atomic mass is 10.1. The number of alkyl carbamates (subject to hydrolysis) is 1. The van der Waals surface area contributed by atoms with E-state index in [0.717, 1.165) is 13.0 Å². The second kappa shape index (κ2) is 9.61. The Morgan fingerprint density at radius 2 is 1.80 bits per heavy atom. The van der Waals surface area contributed by atoms with Crippen LogP contribution in [0.15, 0.2) is 0 Å². The Kier molecular flexibility index (Phi) is 9.47. The predicted octanol–water partition coefficient (Wildman–Crippen LogP) is 4.26. The third-order valence-corrected chi connectivity index (χ3v) is 3.92. The number of carbonyl (C=O) groups excluding carboxylic acids is 1. The number of nitrogens with one attached hydrogen (secondary N) is 1. The molecule has 0 aliphatic carbocycles. The van der Waals surface area contributed by atoms with Crippen molar-refractivity contribution in [3.8, 4) is 0 Å². The van der Waals surface area contributed by atoms with Gasteiger partial charge in [-0.25, -0.2) is 4.79 Å². The molecular formula is C15H30BrNO3. The zero-order valence-corrected chi connectivity index (χ0v) is 15.1. The minimum Gasteiger partial charge on any atom is -0.444 e. The third kappa shape index (κ3) is 10.5. The van der Waals surface area contributed by atoms with E-state index in [9.17, 15) is 4.79 Å². The molecule has 120 valence electrons. The normalized spacial score (nSPS) is 14.7. The molecule has 5 heteroatoms. The van der Waals surface area contributed by atoms with E-state index >= 15 is 0 Å². The molecule has 0 aliphatic rings. The fourth-order valence-electron chi connectivity index (χ4n) is 1.56. The SMILES string of the molecule is CCCCCCOC(C)(CBr)CNC(=O)OC(C)(C)C. The van der Waals surface area contributed by atoms with Crippen LogP contribution >= 0.6 is 15.9 Å². The van der Waals surface area contributed by atoms with Crippen molar-refractivity contribution in [1.82, 2.24) is 5.32 Å². The lowest BCUT2D eigenvalue weighted by Gasteiger charge is -2.29. The van der Waals surface area contributed by atoms with Gasteiger partial charge in [0.05, 0.1) is 12.1 Å². The Bertz CT molecular complexity index is 279. The van der Waals surface area contributed by atoms with Crippen LogP contribution in [0.3, 0.4) is 0 Å². The van der Waals surface area contributed by atoms with Gasteiger partial charge in [0, 0.05) is 11.9 Å². The van der Waals surface area contributed by atoms with E-state index in [4.69, 9.17) is 9.47 Å². The summed E-state index contributed by atoms with van der Waals surface area (Å²) < 4.78 is 11.1. The van der Waals surface area contributed by atoms with Crippen LogP contribution in [-0.4, -0.2) is 35.8 Å². The van der Waals surface area contributed by atoms with Crippen LogP contribution in [-0.2, 0) is 9.47 Å². The number of ether oxygens (including phenoxy) is 2. The number of halogens is 1. The van der Waals surface area contributed by atoms with Crippen LogP contribution in [0.2, 0.25) is 0 Å². The Balaban J connectivity index is 4.01. The van der Waals surface area contributed by atoms with Gasteiger partial charge in [-0.2, -0.15) is 0 Å². The molecule has 0 aromatic heterocycles. The predicted molar refractivity (Wildman–Crippen MR) is 86.5 cm³/mol. The first-order valence-electron chi connectivity index (χ1n) is 7.39. The summed E-state index contributed by atoms with van der Waals surface area (Å²) >= 11 is 3.45. The highest BCUT2D eigenvalue weighted by Gasteiger charge is 2.25. The van der Waals surface area contributed by atoms with Gasteiger partial charge in [0.15, 0.2) is 0 Å². The molecule has 0 fully saturated rings. The van der Waals surface area contributed by atoms with Gasteiger partial charge < -0.3 is 14.8 Å². The summed E-state index contributed by atoms with van der Waals surface area (Å²) in [6.45, 7) is 10.9. The molecule has 0 heterocycles. The minimum absolute atomic E-state index is 0.400. The summed E-state index contributed by atoms with van der Waals surface area (Å²) in [5, 5.41) is 3.44. The molecule has 0 radical (unpaired) electrons. The highest BCUT2D eigenvalue weighted by molar-refractivity contribution is 9.09. The molecular weight excluding hydrogens is 322 g/mol. The summed E-state index contributed by atoms with van der Waals surface area (Å²) in [6.07, 6.45) is 4.30. The van der Waals surface area contributed by atoms with Crippen LogP contribution in [0.4, 0.5) is 4.79 Å². The molecule has 20 heavy (non-hydrogen) atoms. The maximum atomic E-state index is 11.6. The number of hydrogen-bond acceptors (Lipinski definition) is 3. The van der Waals surface area contributed by atoms with Crippen LogP contribution in [0.1, 0.15) is 60.3 Å². The van der Waals surface area contributed by atoms with Gasteiger partial charge in [-0.3, -0.25) is 0 Å². The zero-order valence-electron chi connectivity index (χ0n) is 13.6. The first-order chi connectivity index (χ1) is 9.22. The van der Waals surface area contributed by atoms with Crippen molar-refractivity contribution in [1.29, 1.82) is 0 Å². The van der Waals surface area contributed by atoms with Crippen molar-refractivity contribution in [2.24, 2.45) is 0 Å². The average molecular weight is 352 g/mol. The van der Waals surface area contributed by atoms with E-state index in [1.807, 2.05) is 27.7 Å². The maximum Gasteiger partial charge on any atom is 0.407 e. The molecule has 1 atom stereocenters. The van der Waals surface area contributed by atoms with Crippen molar-refractivity contribution in [2.45, 2.75) is 71.5 Å². The molecule has 0 aromatic rings. The van der Waals surface area contributed by atoms with Gasteiger partial charge in [0.1, 0.15) is 5.60 Å². The number of amides is 1. The molecule has 0 aromatic carbocycles. The number of hydrogen-bond donors (Lipinski definition) is 1. The summed E-state index contributed by atoms with van der Waals surface area (Å²) in [6, 6.07) is 0. The van der Waals surface area contributed by atoms with Gasteiger partial charge >= 0.3 is 6.09 Å². The molecule has 0 saturated heterocycles. The van der Waals surface area contributed by atoms with Crippen molar-refractivity contribution >= 4 is 22.0 Å². The summed E-state index contributed by atoms with van der Waals surface area (Å²) in [7, 11) is 0. The Morgan fingerprint density at radius 3 is 2.30 bits per heavy atom. The standard InChI is InChI=1S/C15H30BrNO3/c1-6-7-8-9-10-19-15(5,11-16)12-17-13(18)20-14(2,3)4/h6-12H2,1-5H3,(H,17,18). The third-order valence-electron chi connectivity index (χ3n) is 2.74. The van der Waals surface area contributed by atoms with Crippen LogP contribution in [0, 0.1) is 0 Å². The van der Waals surface area contributed by atoms with Gasteiger partial charge in [-0.1, -0.05) is 42.1 Å². The summed E-state index contributed by atoms with van der Waals surface area (Å²) in [5.41, 5.74) is -0.876. The van der Waals surface area contributed by atoms with E-state index in [0.29, 0.717) is 11.9 Å². The summed E-state index contributed by atoms with van der Waals surface area (Å²) in [5.74, 6) is 0. The number of alkyl halides is 1. The molecule has 0 aliphatic heterocycles. The van der Waals surface area contributed by atoms with E-state index in [2.05, 4.69) is 28.2 Å². The largest absolute Gasteiger partial charge is 0.444 e. The smallest absolute Gasteiger partial charge is 0.407 e. The van der Waals surface area contributed by atoms with Gasteiger partial charge in [-0.15, -0.1) is 0 Å². The molecule has 0 rings (SSSR count). The van der Waals surface area contributed by atoms with Gasteiger partial charge in [0.25, 0.3) is 0 Å². The molecule has 1 N–H and O–H groups in total. The molecule has 0 bridgehead atoms. The Morgan fingerprint density at radius 1 is 1.15 bits per heavy atom. The lowest BCUT2D eigenvalue weighted by molar-refractivity contribution is -0.0166. The van der Waals surface area contributed by atoms with Crippen LogP contribution in [0.5, 0.6) is 0 Å². The van der Waals surface area contributed by atoms with Crippen molar-refractivity contribution < 1.29 is 14.3 Å². The topological polar surface area (TPSA) is 47.6 Å². The van der Waals surface area contributed by atoms with Crippen LogP contribution in [0.25, 0.3) is 0 Å². The Hall–Kier alpha value is -0.290. The number of carbonyl (C=O) groups is 1. The highest BCUT2D eigenvalue weighted by atomic mass is 79.9. The number of unbranched alkanes of at least 4 members (excludes halogenated alkanes) is 3. The van der Waals surface area contributed by atoms with Crippen molar-refractivity contribution in [3.05, 3.63) is 0 Å². The number of rotatable bonds is 9. The van der Waals surface area contributed by atoms with E-state index in [1.165, 1.54) is 19.3 Å². The van der Waals surface area contributed by atoms with E-state index < -0.39 is 17.3 Å². The van der Waals surface area contributed by atoms with E-state index in [-0.39, 0.29) is 0 Å². The molecule has 4 nitrogen and oxygen atoms in total. The second-order valence-electron chi connectivity index (χ2n) is 6.35. The van der Waals surface area contributed by atoms with Gasteiger partial charge in [0.2, 0.25) is 0 Å². The fourth-order valence-corrected chi connectivity index (χ4v) is 1.92. The minimum atomic E-state index is -0.476.